The lowest BCUT2D eigenvalue weighted by molar-refractivity contribution is -0.384. The van der Waals surface area contributed by atoms with Crippen LogP contribution in [0.15, 0.2) is 24.3 Å². The number of nitro groups is 1. The third-order valence-electron chi connectivity index (χ3n) is 4.57. The van der Waals surface area contributed by atoms with Crippen molar-refractivity contribution in [1.29, 1.82) is 0 Å². The number of rotatable bonds is 6. The number of carbonyl (C=O) groups is 2. The number of nitrogens with one attached hydrogen (secondary N) is 1. The largest absolute Gasteiger partial charge is 0.484 e. The van der Waals surface area contributed by atoms with Crippen LogP contribution in [0.2, 0.25) is 0 Å². The first-order valence-electron chi connectivity index (χ1n) is 8.79. The average molecular weight is 404 g/mol. The van der Waals surface area contributed by atoms with E-state index in [0.29, 0.717) is 22.2 Å². The normalized spacial score (nSPS) is 15.4. The lowest BCUT2D eigenvalue weighted by atomic mass is 9.88. The summed E-state index contributed by atoms with van der Waals surface area (Å²) in [6, 6.07) is 5.46. The lowest BCUT2D eigenvalue weighted by Gasteiger charge is -2.18. The number of nitro benzene ring substituents is 1. The van der Waals surface area contributed by atoms with Crippen LogP contribution in [-0.2, 0) is 22.4 Å². The summed E-state index contributed by atoms with van der Waals surface area (Å²) in [5.41, 5.74) is 1.33. The van der Waals surface area contributed by atoms with Crippen molar-refractivity contribution in [2.45, 2.75) is 26.2 Å². The van der Waals surface area contributed by atoms with Gasteiger partial charge in [0.2, 0.25) is 0 Å². The Hall–Kier alpha value is -2.94. The van der Waals surface area contributed by atoms with Crippen LogP contribution in [-0.4, -0.2) is 30.5 Å². The Balaban J connectivity index is 1.69. The smallest absolute Gasteiger partial charge is 0.341 e. The van der Waals surface area contributed by atoms with Gasteiger partial charge in [-0.25, -0.2) is 4.79 Å². The maximum absolute atomic E-state index is 12.3. The van der Waals surface area contributed by atoms with Crippen molar-refractivity contribution in [2.75, 3.05) is 19.0 Å². The Bertz CT molecular complexity index is 906. The number of hydrogen-bond acceptors (Lipinski definition) is 7. The van der Waals surface area contributed by atoms with Gasteiger partial charge < -0.3 is 14.8 Å². The van der Waals surface area contributed by atoms with E-state index in [1.807, 2.05) is 0 Å². The summed E-state index contributed by atoms with van der Waals surface area (Å²) < 4.78 is 10.3. The van der Waals surface area contributed by atoms with Crippen LogP contribution in [0, 0.1) is 16.0 Å². The molecule has 28 heavy (non-hydrogen) atoms. The second kappa shape index (κ2) is 8.39. The van der Waals surface area contributed by atoms with Crippen molar-refractivity contribution in [3.05, 3.63) is 50.4 Å². The molecule has 1 aromatic carbocycles. The SMILES string of the molecule is COC(=O)c1c(NC(=O)COc2ccc([N+](=O)[O-])cc2)sc2c1CC[C@H](C)C2. The molecule has 0 aliphatic heterocycles. The van der Waals surface area contributed by atoms with Crippen LogP contribution in [0.1, 0.15) is 34.1 Å². The van der Waals surface area contributed by atoms with Crippen LogP contribution >= 0.6 is 11.3 Å². The van der Waals surface area contributed by atoms with Gasteiger partial charge >= 0.3 is 5.97 Å². The fourth-order valence-corrected chi connectivity index (χ4v) is 4.55. The van der Waals surface area contributed by atoms with E-state index in [2.05, 4.69) is 12.2 Å². The quantitative estimate of drug-likeness (QED) is 0.448. The summed E-state index contributed by atoms with van der Waals surface area (Å²) in [5, 5.41) is 13.9. The minimum absolute atomic E-state index is 0.0575. The molecule has 0 fully saturated rings. The Labute approximate surface area is 165 Å². The Morgan fingerprint density at radius 2 is 2.04 bits per heavy atom. The van der Waals surface area contributed by atoms with Gasteiger partial charge in [-0.05, 0) is 42.9 Å². The van der Waals surface area contributed by atoms with E-state index in [-0.39, 0.29) is 12.3 Å². The predicted molar refractivity (Wildman–Crippen MR) is 104 cm³/mol. The van der Waals surface area contributed by atoms with Gasteiger partial charge in [0.05, 0.1) is 17.6 Å². The summed E-state index contributed by atoms with van der Waals surface area (Å²) >= 11 is 1.40. The molecular weight excluding hydrogens is 384 g/mol. The summed E-state index contributed by atoms with van der Waals surface area (Å²) in [5.74, 6) is -0.00676. The first-order valence-corrected chi connectivity index (χ1v) is 9.60. The highest BCUT2D eigenvalue weighted by Gasteiger charge is 2.28. The monoisotopic (exact) mass is 404 g/mol. The number of fused-ring (bicyclic) bond motifs is 1. The third kappa shape index (κ3) is 4.30. The Morgan fingerprint density at radius 1 is 1.32 bits per heavy atom. The van der Waals surface area contributed by atoms with Crippen molar-refractivity contribution < 1.29 is 24.0 Å². The van der Waals surface area contributed by atoms with Crippen molar-refractivity contribution in [3.8, 4) is 5.75 Å². The zero-order chi connectivity index (χ0) is 20.3. The number of thiophene rings is 1. The first kappa shape index (κ1) is 19.8. The standard InChI is InChI=1S/C19H20N2O6S/c1-11-3-8-14-15(9-11)28-18(17(14)19(23)26-2)20-16(22)10-27-13-6-4-12(5-7-13)21(24)25/h4-7,11H,3,8-10H2,1-2H3,(H,20,22)/t11-/m0/s1. The number of esters is 1. The molecule has 0 saturated heterocycles. The average Bonchev–Trinajstić information content (AvgIpc) is 3.02. The van der Waals surface area contributed by atoms with Crippen molar-refractivity contribution in [3.63, 3.8) is 0 Å². The summed E-state index contributed by atoms with van der Waals surface area (Å²) in [6.45, 7) is 1.88. The number of nitrogens with zero attached hydrogens (tertiary/aromatic N) is 1. The molecule has 1 aliphatic carbocycles. The lowest BCUT2D eigenvalue weighted by Crippen LogP contribution is -2.21. The van der Waals surface area contributed by atoms with E-state index >= 15 is 0 Å². The minimum Gasteiger partial charge on any atom is -0.484 e. The van der Waals surface area contributed by atoms with Crippen LogP contribution in [0.3, 0.4) is 0 Å². The van der Waals surface area contributed by atoms with Crippen molar-refractivity contribution >= 4 is 33.9 Å². The highest BCUT2D eigenvalue weighted by Crippen LogP contribution is 2.40. The second-order valence-corrected chi connectivity index (χ2v) is 7.74. The summed E-state index contributed by atoms with van der Waals surface area (Å²) in [7, 11) is 1.32. The molecule has 1 atom stereocenters. The van der Waals surface area contributed by atoms with E-state index in [1.54, 1.807) is 0 Å². The van der Waals surface area contributed by atoms with E-state index in [4.69, 9.17) is 9.47 Å². The molecule has 0 bridgehead atoms. The molecule has 1 aromatic heterocycles. The van der Waals surface area contributed by atoms with Crippen LogP contribution in [0.25, 0.3) is 0 Å². The van der Waals surface area contributed by atoms with Gasteiger partial charge in [-0.1, -0.05) is 6.92 Å². The predicted octanol–water partition coefficient (Wildman–Crippen LogP) is 3.59. The molecule has 9 heteroatoms. The Kier molecular flexibility index (Phi) is 5.93. The molecule has 148 valence electrons. The maximum Gasteiger partial charge on any atom is 0.341 e. The van der Waals surface area contributed by atoms with Gasteiger partial charge in [0.25, 0.3) is 11.6 Å². The van der Waals surface area contributed by atoms with E-state index in [0.717, 1.165) is 29.7 Å². The highest BCUT2D eigenvalue weighted by atomic mass is 32.1. The van der Waals surface area contributed by atoms with E-state index in [9.17, 15) is 19.7 Å². The first-order chi connectivity index (χ1) is 13.4. The maximum atomic E-state index is 12.3. The molecule has 1 amide bonds. The summed E-state index contributed by atoms with van der Waals surface area (Å²) in [4.78, 5) is 35.8. The third-order valence-corrected chi connectivity index (χ3v) is 5.74. The molecule has 0 unspecified atom stereocenters. The molecular formula is C19H20N2O6S. The van der Waals surface area contributed by atoms with Gasteiger partial charge in [0.15, 0.2) is 6.61 Å². The fourth-order valence-electron chi connectivity index (χ4n) is 3.13. The summed E-state index contributed by atoms with van der Waals surface area (Å²) in [6.07, 6.45) is 2.65. The molecule has 2 aromatic rings. The molecule has 3 rings (SSSR count). The number of anilines is 1. The zero-order valence-corrected chi connectivity index (χ0v) is 16.3. The zero-order valence-electron chi connectivity index (χ0n) is 15.5. The molecule has 8 nitrogen and oxygen atoms in total. The number of non-ortho nitro benzene ring substituents is 1. The van der Waals surface area contributed by atoms with Gasteiger partial charge in [-0.2, -0.15) is 0 Å². The fraction of sp³-hybridized carbons (Fsp3) is 0.368. The van der Waals surface area contributed by atoms with Crippen LogP contribution < -0.4 is 10.1 Å². The van der Waals surface area contributed by atoms with Crippen molar-refractivity contribution in [2.24, 2.45) is 5.92 Å². The topological polar surface area (TPSA) is 108 Å². The number of hydrogen-bond donors (Lipinski definition) is 1. The molecule has 0 radical (unpaired) electrons. The van der Waals surface area contributed by atoms with Crippen LogP contribution in [0.4, 0.5) is 10.7 Å². The molecule has 1 aliphatic rings. The number of amides is 1. The number of ether oxygens (including phenoxy) is 2. The van der Waals surface area contributed by atoms with E-state index in [1.165, 1.54) is 42.7 Å². The Morgan fingerprint density at radius 3 is 2.68 bits per heavy atom. The minimum atomic E-state index is -0.510. The van der Waals surface area contributed by atoms with Gasteiger partial charge in [-0.3, -0.25) is 14.9 Å². The van der Waals surface area contributed by atoms with Crippen LogP contribution in [0.5, 0.6) is 5.75 Å². The van der Waals surface area contributed by atoms with E-state index < -0.39 is 16.8 Å². The van der Waals surface area contributed by atoms with Gasteiger partial charge in [-0.15, -0.1) is 11.3 Å². The van der Waals surface area contributed by atoms with Gasteiger partial charge in [0.1, 0.15) is 10.8 Å². The number of carbonyl (C=O) groups excluding carboxylic acids is 2. The molecule has 0 spiro atoms. The molecule has 0 saturated carbocycles. The van der Waals surface area contributed by atoms with Crippen molar-refractivity contribution in [1.82, 2.24) is 0 Å². The van der Waals surface area contributed by atoms with Gasteiger partial charge in [0, 0.05) is 17.0 Å². The molecule has 1 N–H and O–H groups in total. The highest BCUT2D eigenvalue weighted by molar-refractivity contribution is 7.17. The molecule has 1 heterocycles. The second-order valence-electron chi connectivity index (χ2n) is 6.64. The number of methoxy groups -OCH3 is 1. The number of benzene rings is 1.